The number of amides is 4. The number of aryl methyl sites for hydroxylation is 4. The molecular formula is C54H67N13O13. The van der Waals surface area contributed by atoms with Gasteiger partial charge < -0.3 is 59.4 Å². The first-order chi connectivity index (χ1) is 38.2. The average molecular weight is 1110 g/mol. The maximum atomic E-state index is 14.0. The summed E-state index contributed by atoms with van der Waals surface area (Å²) in [5.74, 6) is -2.35. The summed E-state index contributed by atoms with van der Waals surface area (Å²) in [5.41, 5.74) is 15.5. The molecule has 0 unspecified atom stereocenters. The highest BCUT2D eigenvalue weighted by Crippen LogP contribution is 2.37. The number of carbonyl (C=O) groups is 6. The van der Waals surface area contributed by atoms with Gasteiger partial charge in [-0.25, -0.2) is 19.7 Å². The van der Waals surface area contributed by atoms with Crippen LogP contribution in [0.3, 0.4) is 0 Å². The topological polar surface area (TPSA) is 338 Å². The molecule has 0 bridgehead atoms. The van der Waals surface area contributed by atoms with E-state index in [9.17, 15) is 28.8 Å². The molecule has 2 aromatic carbocycles. The van der Waals surface area contributed by atoms with Crippen LogP contribution in [0.25, 0.3) is 44.5 Å². The number of primary amides is 2. The van der Waals surface area contributed by atoms with Gasteiger partial charge in [-0.3, -0.25) is 38.7 Å². The van der Waals surface area contributed by atoms with Gasteiger partial charge in [0.05, 0.1) is 74.9 Å². The van der Waals surface area contributed by atoms with Crippen molar-refractivity contribution in [3.63, 3.8) is 0 Å². The smallest absolute Gasteiger partial charge is 0.407 e. The number of nitrogens with zero attached hydrogens (tertiary/aromatic N) is 9. The Bertz CT molecular complexity index is 3440. The number of rotatable bonds is 29. The van der Waals surface area contributed by atoms with E-state index >= 15 is 0 Å². The van der Waals surface area contributed by atoms with E-state index in [-0.39, 0.29) is 125 Å². The Kier molecular flexibility index (Phi) is 19.6. The van der Waals surface area contributed by atoms with Crippen molar-refractivity contribution in [3.8, 4) is 23.0 Å². The van der Waals surface area contributed by atoms with Crippen molar-refractivity contribution in [3.05, 3.63) is 83.0 Å². The fourth-order valence-electron chi connectivity index (χ4n) is 8.55. The molecule has 7 rings (SSSR count). The highest BCUT2D eigenvalue weighted by atomic mass is 16.6. The van der Waals surface area contributed by atoms with Gasteiger partial charge in [0.2, 0.25) is 17.8 Å². The lowest BCUT2D eigenvalue weighted by Crippen LogP contribution is -2.27. The lowest BCUT2D eigenvalue weighted by Gasteiger charge is -2.19. The summed E-state index contributed by atoms with van der Waals surface area (Å²) in [5, 5.41) is 24.4. The van der Waals surface area contributed by atoms with E-state index < -0.39 is 35.4 Å². The number of ether oxygens (including phenoxy) is 6. The fraction of sp³-hybridized carbons (Fsp3) is 0.426. The zero-order valence-corrected chi connectivity index (χ0v) is 45.8. The quantitative estimate of drug-likeness (QED) is 0.0220. The van der Waals surface area contributed by atoms with Crippen LogP contribution in [-0.4, -0.2) is 143 Å². The third-order valence-electron chi connectivity index (χ3n) is 12.0. The lowest BCUT2D eigenvalue weighted by molar-refractivity contribution is -0.156. The number of hydrogen-bond donors (Lipinski definition) is 5. The number of aliphatic carboxylic acids is 1. The van der Waals surface area contributed by atoms with E-state index in [4.69, 9.17) is 59.9 Å². The summed E-state index contributed by atoms with van der Waals surface area (Å²) < 4.78 is 41.5. The van der Waals surface area contributed by atoms with Crippen molar-refractivity contribution < 1.29 is 62.3 Å². The molecular weight excluding hydrogens is 1040 g/mol. The minimum Gasteiger partial charge on any atom is -0.491 e. The Hall–Kier alpha value is -8.91. The summed E-state index contributed by atoms with van der Waals surface area (Å²) in [6, 6.07) is 9.75. The number of aromatic nitrogens is 9. The summed E-state index contributed by atoms with van der Waals surface area (Å²) in [6.45, 7) is 14.8. The number of carboxylic acids is 1. The molecule has 0 atom stereocenters. The minimum atomic E-state index is -1.07. The molecule has 7 N–H and O–H groups in total. The van der Waals surface area contributed by atoms with Gasteiger partial charge in [0.25, 0.3) is 5.91 Å². The number of carboxylic acid groups (broad SMARTS) is 1. The number of anilines is 1. The van der Waals surface area contributed by atoms with Gasteiger partial charge in [0.1, 0.15) is 46.3 Å². The number of nitrogens with two attached hydrogens (primary N) is 2. The zero-order valence-electron chi connectivity index (χ0n) is 45.8. The number of esters is 1. The maximum Gasteiger partial charge on any atom is 0.407 e. The van der Waals surface area contributed by atoms with Crippen LogP contribution in [0, 0.1) is 13.8 Å². The molecule has 26 heteroatoms. The van der Waals surface area contributed by atoms with E-state index in [0.717, 1.165) is 5.69 Å². The van der Waals surface area contributed by atoms with E-state index in [1.165, 1.54) is 12.1 Å². The van der Waals surface area contributed by atoms with Crippen LogP contribution >= 0.6 is 0 Å². The Balaban J connectivity index is 1.21. The highest BCUT2D eigenvalue weighted by molar-refractivity contribution is 6.12. The number of fused-ring (bicyclic) bond motifs is 4. The largest absolute Gasteiger partial charge is 0.491 e. The number of hydrogen-bond acceptors (Lipinski definition) is 17. The van der Waals surface area contributed by atoms with Crippen LogP contribution in [0.4, 0.5) is 10.7 Å². The Morgan fingerprint density at radius 2 is 1.35 bits per heavy atom. The molecule has 4 amide bonds. The van der Waals surface area contributed by atoms with E-state index in [1.807, 2.05) is 48.2 Å². The first-order valence-corrected chi connectivity index (χ1v) is 26.0. The molecule has 0 saturated carbocycles. The monoisotopic (exact) mass is 1110 g/mol. The minimum absolute atomic E-state index is 0.00652. The Morgan fingerprint density at radius 1 is 0.713 bits per heavy atom. The summed E-state index contributed by atoms with van der Waals surface area (Å²) in [6.07, 6.45) is 4.65. The molecule has 0 aliphatic rings. The van der Waals surface area contributed by atoms with Crippen LogP contribution < -0.4 is 31.6 Å². The second-order valence-corrected chi connectivity index (χ2v) is 19.2. The van der Waals surface area contributed by atoms with Gasteiger partial charge in [0.15, 0.2) is 5.82 Å². The van der Waals surface area contributed by atoms with Crippen molar-refractivity contribution in [2.75, 3.05) is 58.1 Å². The number of allylic oxidation sites excluding steroid dienone is 2. The van der Waals surface area contributed by atoms with E-state index in [1.54, 1.807) is 61.3 Å². The van der Waals surface area contributed by atoms with Crippen LogP contribution in [0.1, 0.15) is 96.5 Å². The van der Waals surface area contributed by atoms with Crippen LogP contribution in [0.15, 0.2) is 54.7 Å². The van der Waals surface area contributed by atoms with Gasteiger partial charge >= 0.3 is 18.0 Å². The second-order valence-electron chi connectivity index (χ2n) is 19.2. The molecule has 5 heterocycles. The second kappa shape index (κ2) is 26.6. The Morgan fingerprint density at radius 3 is 2.04 bits per heavy atom. The summed E-state index contributed by atoms with van der Waals surface area (Å²) in [4.78, 5) is 89.2. The molecule has 0 spiro atoms. The van der Waals surface area contributed by atoms with Crippen molar-refractivity contribution in [1.29, 1.82) is 0 Å². The number of imidazole rings is 1. The molecule has 0 fully saturated rings. The molecule has 5 aromatic heterocycles. The van der Waals surface area contributed by atoms with Gasteiger partial charge in [-0.1, -0.05) is 12.2 Å². The van der Waals surface area contributed by atoms with Crippen LogP contribution in [0.2, 0.25) is 0 Å². The SMILES string of the molecule is CCn1nc(C)cc1C(=O)Nc1nc2cc(C(N)=O)cc(OCCCOC(=O)NCCC(=O)O)c2n1C/C=C/Cn1c2nc(-c3cc(C)nn3CC)ncc2c2cc(C(N)=O)cc(OCCOCCOCCC(=O)OC(C)(C)C)c21. The standard InChI is InChI=1S/C54H67N13O13/c1-8-66-39(25-32(3)62-66)49-58-31-37-36-27-34(47(55)71)29-41(78-24-23-76-22-21-75-20-14-44(70)80-54(5,6)7)45(36)64(50(37)60-49)16-10-11-17-65-46-38(59-52(65)61-51(73)40-26-33(4)63-67(40)9-2)28-35(48(56)72)30-42(46)77-18-12-19-79-53(74)57-15-13-43(68)69/h10-11,25-31H,8-9,12-24H2,1-7H3,(H2,55,71)(H2,56,72)(H,57,74)(H,68,69)(H,59,61,73)/b11-10+. The molecule has 426 valence electrons. The van der Waals surface area contributed by atoms with Gasteiger partial charge in [0, 0.05) is 67.2 Å². The molecule has 7 aromatic rings. The molecule has 26 nitrogen and oxygen atoms in total. The van der Waals surface area contributed by atoms with Crippen molar-refractivity contribution in [1.82, 2.24) is 49.0 Å². The van der Waals surface area contributed by atoms with Gasteiger partial charge in [-0.2, -0.15) is 10.2 Å². The molecule has 0 aliphatic heterocycles. The van der Waals surface area contributed by atoms with Crippen molar-refractivity contribution >= 4 is 74.7 Å². The molecule has 0 saturated heterocycles. The normalized spacial score (nSPS) is 11.7. The summed E-state index contributed by atoms with van der Waals surface area (Å²) in [7, 11) is 0. The van der Waals surface area contributed by atoms with Gasteiger partial charge in [-0.15, -0.1) is 0 Å². The predicted molar refractivity (Wildman–Crippen MR) is 292 cm³/mol. The fourth-order valence-corrected chi connectivity index (χ4v) is 8.55. The average Bonchev–Trinajstić information content (AvgIpc) is 4.17. The third kappa shape index (κ3) is 15.0. The maximum absolute atomic E-state index is 14.0. The van der Waals surface area contributed by atoms with E-state index in [0.29, 0.717) is 63.5 Å². The number of nitrogens with one attached hydrogen (secondary N) is 2. The summed E-state index contributed by atoms with van der Waals surface area (Å²) >= 11 is 0. The van der Waals surface area contributed by atoms with Crippen LogP contribution in [-0.2, 0) is 54.7 Å². The number of carbonyl (C=O) groups excluding carboxylic acids is 5. The number of alkyl carbamates (subject to hydrolysis) is 1. The lowest BCUT2D eigenvalue weighted by atomic mass is 10.1. The number of benzene rings is 2. The van der Waals surface area contributed by atoms with Crippen molar-refractivity contribution in [2.45, 2.75) is 99.5 Å². The van der Waals surface area contributed by atoms with Gasteiger partial charge in [-0.05, 0) is 84.9 Å². The molecule has 0 radical (unpaired) electrons. The molecule has 0 aliphatic carbocycles. The molecule has 80 heavy (non-hydrogen) atoms. The first-order valence-electron chi connectivity index (χ1n) is 26.0. The van der Waals surface area contributed by atoms with E-state index in [2.05, 4.69) is 20.8 Å². The predicted octanol–water partition coefficient (Wildman–Crippen LogP) is 5.47. The zero-order chi connectivity index (χ0) is 57.7. The highest BCUT2D eigenvalue weighted by Gasteiger charge is 2.24. The van der Waals surface area contributed by atoms with Crippen molar-refractivity contribution in [2.24, 2.45) is 11.5 Å². The van der Waals surface area contributed by atoms with Crippen LogP contribution in [0.5, 0.6) is 11.5 Å². The first kappa shape index (κ1) is 58.8. The third-order valence-corrected chi connectivity index (χ3v) is 12.0. The Labute approximate surface area is 459 Å².